The van der Waals surface area contributed by atoms with Crippen molar-refractivity contribution >= 4 is 28.4 Å². The number of nitrogens with zero attached hydrogens (tertiary/aromatic N) is 3. The lowest BCUT2D eigenvalue weighted by Crippen LogP contribution is -2.20. The number of carbonyl (C=O) groups is 1. The van der Waals surface area contributed by atoms with Gasteiger partial charge in [-0.1, -0.05) is 18.2 Å². The molecule has 0 fully saturated rings. The van der Waals surface area contributed by atoms with Crippen molar-refractivity contribution in [2.45, 2.75) is 0 Å². The van der Waals surface area contributed by atoms with Gasteiger partial charge in [-0.3, -0.25) is 9.97 Å². The van der Waals surface area contributed by atoms with E-state index >= 15 is 0 Å². The van der Waals surface area contributed by atoms with Crippen molar-refractivity contribution in [2.24, 2.45) is 0 Å². The molecule has 104 valence electrons. The SMILES string of the molecule is O=C(Nc1ccccc1)Nc1c(F)ncc2nccnc12. The van der Waals surface area contributed by atoms with Crippen molar-refractivity contribution in [1.82, 2.24) is 15.0 Å². The van der Waals surface area contributed by atoms with Crippen LogP contribution in [-0.4, -0.2) is 21.0 Å². The number of rotatable bonds is 2. The Hall–Kier alpha value is -3.09. The molecular formula is C14H10FN5O. The third-order valence-corrected chi connectivity index (χ3v) is 2.74. The van der Waals surface area contributed by atoms with Crippen LogP contribution in [0.1, 0.15) is 0 Å². The lowest BCUT2D eigenvalue weighted by molar-refractivity contribution is 0.262. The lowest BCUT2D eigenvalue weighted by Gasteiger charge is -2.09. The number of halogens is 1. The molecule has 0 saturated heterocycles. The van der Waals surface area contributed by atoms with Crippen LogP contribution in [0.5, 0.6) is 0 Å². The van der Waals surface area contributed by atoms with Crippen LogP contribution in [0.25, 0.3) is 11.0 Å². The first-order valence-corrected chi connectivity index (χ1v) is 6.12. The van der Waals surface area contributed by atoms with Gasteiger partial charge in [0.1, 0.15) is 16.7 Å². The fraction of sp³-hybridized carbons (Fsp3) is 0. The molecule has 7 heteroatoms. The number of hydrogen-bond acceptors (Lipinski definition) is 4. The van der Waals surface area contributed by atoms with Gasteiger partial charge < -0.3 is 10.6 Å². The van der Waals surface area contributed by atoms with E-state index in [-0.39, 0.29) is 11.2 Å². The zero-order chi connectivity index (χ0) is 14.7. The summed E-state index contributed by atoms with van der Waals surface area (Å²) in [5.41, 5.74) is 1.13. The number of fused-ring (bicyclic) bond motifs is 1. The molecule has 21 heavy (non-hydrogen) atoms. The highest BCUT2D eigenvalue weighted by Crippen LogP contribution is 2.21. The Labute approximate surface area is 119 Å². The molecule has 0 saturated carbocycles. The summed E-state index contributed by atoms with van der Waals surface area (Å²) >= 11 is 0. The van der Waals surface area contributed by atoms with Crippen LogP contribution in [0, 0.1) is 5.95 Å². The highest BCUT2D eigenvalue weighted by molar-refractivity contribution is 6.04. The van der Waals surface area contributed by atoms with Crippen molar-refractivity contribution in [1.29, 1.82) is 0 Å². The highest BCUT2D eigenvalue weighted by atomic mass is 19.1. The van der Waals surface area contributed by atoms with Crippen LogP contribution in [0.15, 0.2) is 48.9 Å². The van der Waals surface area contributed by atoms with E-state index in [0.717, 1.165) is 0 Å². The van der Waals surface area contributed by atoms with Crippen molar-refractivity contribution < 1.29 is 9.18 Å². The largest absolute Gasteiger partial charge is 0.323 e. The maximum absolute atomic E-state index is 13.8. The Morgan fingerprint density at radius 3 is 2.57 bits per heavy atom. The lowest BCUT2D eigenvalue weighted by atomic mass is 10.3. The van der Waals surface area contributed by atoms with E-state index < -0.39 is 12.0 Å². The molecule has 0 aliphatic heterocycles. The van der Waals surface area contributed by atoms with Gasteiger partial charge in [-0.2, -0.15) is 4.39 Å². The average molecular weight is 283 g/mol. The molecule has 3 aromatic rings. The molecule has 0 bridgehead atoms. The monoisotopic (exact) mass is 283 g/mol. The van der Waals surface area contributed by atoms with Crippen LogP contribution < -0.4 is 10.6 Å². The predicted octanol–water partition coefficient (Wildman–Crippen LogP) is 2.81. The number of hydrogen-bond donors (Lipinski definition) is 2. The minimum Gasteiger partial charge on any atom is -0.308 e. The highest BCUT2D eigenvalue weighted by Gasteiger charge is 2.13. The number of benzene rings is 1. The molecule has 0 spiro atoms. The zero-order valence-electron chi connectivity index (χ0n) is 10.7. The van der Waals surface area contributed by atoms with Gasteiger partial charge in [0.25, 0.3) is 0 Å². The van der Waals surface area contributed by atoms with Gasteiger partial charge in [0, 0.05) is 18.1 Å². The van der Waals surface area contributed by atoms with Crippen LogP contribution >= 0.6 is 0 Å². The number of aromatic nitrogens is 3. The van der Waals surface area contributed by atoms with E-state index in [1.807, 2.05) is 6.07 Å². The number of nitrogens with one attached hydrogen (secondary N) is 2. The third-order valence-electron chi connectivity index (χ3n) is 2.74. The average Bonchev–Trinajstić information content (AvgIpc) is 2.51. The Balaban J connectivity index is 1.88. The molecular weight excluding hydrogens is 273 g/mol. The van der Waals surface area contributed by atoms with E-state index in [0.29, 0.717) is 11.2 Å². The number of pyridine rings is 1. The van der Waals surface area contributed by atoms with Crippen LogP contribution in [0.4, 0.5) is 20.6 Å². The maximum atomic E-state index is 13.8. The van der Waals surface area contributed by atoms with Crippen LogP contribution in [-0.2, 0) is 0 Å². The second-order valence-corrected chi connectivity index (χ2v) is 4.16. The predicted molar refractivity (Wildman–Crippen MR) is 76.4 cm³/mol. The third kappa shape index (κ3) is 2.76. The van der Waals surface area contributed by atoms with E-state index in [9.17, 15) is 9.18 Å². The summed E-state index contributed by atoms with van der Waals surface area (Å²) in [4.78, 5) is 23.5. The van der Waals surface area contributed by atoms with Crippen molar-refractivity contribution in [3.05, 3.63) is 54.9 Å². The standard InChI is InChI=1S/C14H10FN5O/c15-13-12(11-10(8-18-13)16-6-7-17-11)20-14(21)19-9-4-2-1-3-5-9/h1-8H,(H2,19,20,21). The fourth-order valence-electron chi connectivity index (χ4n) is 1.82. The van der Waals surface area contributed by atoms with Crippen molar-refractivity contribution in [2.75, 3.05) is 10.6 Å². The minimum absolute atomic E-state index is 0.103. The molecule has 0 unspecified atom stereocenters. The number of anilines is 2. The van der Waals surface area contributed by atoms with Gasteiger partial charge >= 0.3 is 6.03 Å². The first-order valence-electron chi connectivity index (χ1n) is 6.12. The van der Waals surface area contributed by atoms with E-state index in [1.165, 1.54) is 18.6 Å². The Morgan fingerprint density at radius 1 is 1.00 bits per heavy atom. The van der Waals surface area contributed by atoms with E-state index in [1.54, 1.807) is 24.3 Å². The molecule has 0 atom stereocenters. The summed E-state index contributed by atoms with van der Waals surface area (Å²) in [5.74, 6) is -0.814. The first kappa shape index (κ1) is 12.9. The second kappa shape index (κ2) is 5.49. The molecule has 1 aromatic carbocycles. The quantitative estimate of drug-likeness (QED) is 0.709. The van der Waals surface area contributed by atoms with Gasteiger partial charge in [0.05, 0.1) is 6.20 Å². The van der Waals surface area contributed by atoms with Gasteiger partial charge in [-0.25, -0.2) is 9.78 Å². The molecule has 2 N–H and O–H groups in total. The van der Waals surface area contributed by atoms with Crippen molar-refractivity contribution in [3.63, 3.8) is 0 Å². The summed E-state index contributed by atoms with van der Waals surface area (Å²) in [5, 5.41) is 5.00. The summed E-state index contributed by atoms with van der Waals surface area (Å²) in [6.07, 6.45) is 4.15. The first-order chi connectivity index (χ1) is 10.2. The summed E-state index contributed by atoms with van der Waals surface area (Å²) in [7, 11) is 0. The van der Waals surface area contributed by atoms with Gasteiger partial charge in [0.15, 0.2) is 0 Å². The molecule has 0 radical (unpaired) electrons. The molecule has 3 rings (SSSR count). The summed E-state index contributed by atoms with van der Waals surface area (Å²) < 4.78 is 13.8. The smallest absolute Gasteiger partial charge is 0.308 e. The number of urea groups is 1. The number of para-hydroxylation sites is 1. The maximum Gasteiger partial charge on any atom is 0.323 e. The van der Waals surface area contributed by atoms with Crippen LogP contribution in [0.2, 0.25) is 0 Å². The minimum atomic E-state index is -0.814. The summed E-state index contributed by atoms with van der Waals surface area (Å²) in [6, 6.07) is 8.24. The van der Waals surface area contributed by atoms with E-state index in [2.05, 4.69) is 25.6 Å². The topological polar surface area (TPSA) is 79.8 Å². The molecule has 2 aromatic heterocycles. The Kier molecular flexibility index (Phi) is 3.38. The van der Waals surface area contributed by atoms with Gasteiger partial charge in [0.2, 0.25) is 5.95 Å². The Bertz CT molecular complexity index is 794. The number of amides is 2. The van der Waals surface area contributed by atoms with E-state index in [4.69, 9.17) is 0 Å². The van der Waals surface area contributed by atoms with Crippen molar-refractivity contribution in [3.8, 4) is 0 Å². The van der Waals surface area contributed by atoms with Crippen LogP contribution in [0.3, 0.4) is 0 Å². The fourth-order valence-corrected chi connectivity index (χ4v) is 1.82. The summed E-state index contributed by atoms with van der Waals surface area (Å²) in [6.45, 7) is 0. The number of carbonyl (C=O) groups excluding carboxylic acids is 1. The molecule has 0 aliphatic rings. The normalized spacial score (nSPS) is 10.3. The van der Waals surface area contributed by atoms with Gasteiger partial charge in [-0.05, 0) is 12.1 Å². The molecule has 6 nitrogen and oxygen atoms in total. The zero-order valence-corrected chi connectivity index (χ0v) is 10.7. The Morgan fingerprint density at radius 2 is 1.76 bits per heavy atom. The molecule has 0 aliphatic carbocycles. The molecule has 2 amide bonds. The van der Waals surface area contributed by atoms with Gasteiger partial charge in [-0.15, -0.1) is 0 Å². The molecule has 2 heterocycles. The second-order valence-electron chi connectivity index (χ2n) is 4.16.